The van der Waals surface area contributed by atoms with Gasteiger partial charge in [-0.05, 0) is 55.5 Å². The normalized spacial score (nSPS) is 11.9. The van der Waals surface area contributed by atoms with Gasteiger partial charge in [0, 0.05) is 32.0 Å². The number of nitrogens with one attached hydrogen (secondary N) is 2. The van der Waals surface area contributed by atoms with Crippen molar-refractivity contribution in [2.24, 2.45) is 10.9 Å². The van der Waals surface area contributed by atoms with Crippen molar-refractivity contribution in [3.05, 3.63) is 48.2 Å². The van der Waals surface area contributed by atoms with Gasteiger partial charge in [-0.1, -0.05) is 19.4 Å². The topological polar surface area (TPSA) is 88.0 Å². The number of nitrogens with zero attached hydrogens (tertiary/aromatic N) is 2. The molecule has 0 aliphatic heterocycles. The molecule has 0 bridgehead atoms. The Balaban J connectivity index is 0.00000480. The molecule has 1 aromatic carbocycles. The van der Waals surface area contributed by atoms with Gasteiger partial charge in [0.1, 0.15) is 11.5 Å². The van der Waals surface area contributed by atoms with Crippen LogP contribution in [0, 0.1) is 5.92 Å². The number of hydrogen-bond acceptors (Lipinski definition) is 5. The van der Waals surface area contributed by atoms with E-state index in [1.165, 1.54) is 0 Å². The van der Waals surface area contributed by atoms with E-state index in [0.717, 1.165) is 49.6 Å². The van der Waals surface area contributed by atoms with Crippen LogP contribution in [0.3, 0.4) is 0 Å². The highest BCUT2D eigenvalue weighted by Crippen LogP contribution is 2.22. The van der Waals surface area contributed by atoms with Crippen molar-refractivity contribution in [2.75, 3.05) is 26.8 Å². The fraction of sp³-hybridized carbons (Fsp3) is 0.478. The molecule has 0 saturated heterocycles. The largest absolute Gasteiger partial charge is 0.497 e. The molecule has 0 saturated carbocycles. The summed E-state index contributed by atoms with van der Waals surface area (Å²) < 4.78 is 10.9. The van der Waals surface area contributed by atoms with E-state index in [2.05, 4.69) is 27.5 Å². The predicted molar refractivity (Wildman–Crippen MR) is 136 cm³/mol. The van der Waals surface area contributed by atoms with Gasteiger partial charge in [0.15, 0.2) is 5.96 Å². The van der Waals surface area contributed by atoms with E-state index in [1.54, 1.807) is 13.3 Å². The molecule has 31 heavy (non-hydrogen) atoms. The zero-order valence-corrected chi connectivity index (χ0v) is 21.0. The monoisotopic (exact) mass is 542 g/mol. The standard InChI is InChI=1S/C23H34N4O3.HI/c1-4-6-18(13-14-28)15-26-23(24-5-2)27-17-19-7-12-22(25-16-19)30-21-10-8-20(29-3)9-11-21;/h7-12,16,18,28H,4-6,13-15,17H2,1-3H3,(H2,24,26,27);1H. The third-order valence-electron chi connectivity index (χ3n) is 4.64. The van der Waals surface area contributed by atoms with Crippen LogP contribution >= 0.6 is 24.0 Å². The van der Waals surface area contributed by atoms with Crippen LogP contribution in [0.2, 0.25) is 0 Å². The van der Waals surface area contributed by atoms with Gasteiger partial charge >= 0.3 is 0 Å². The van der Waals surface area contributed by atoms with Crippen molar-refractivity contribution >= 4 is 29.9 Å². The van der Waals surface area contributed by atoms with E-state index in [4.69, 9.17) is 9.47 Å². The highest BCUT2D eigenvalue weighted by Gasteiger charge is 2.08. The highest BCUT2D eigenvalue weighted by molar-refractivity contribution is 14.0. The summed E-state index contributed by atoms with van der Waals surface area (Å²) in [5.41, 5.74) is 0.995. The molecule has 1 atom stereocenters. The summed E-state index contributed by atoms with van der Waals surface area (Å²) in [6, 6.07) is 11.2. The maximum absolute atomic E-state index is 9.23. The SMILES string of the molecule is CCCC(CCO)CNC(=NCc1ccc(Oc2ccc(OC)cc2)nc1)NCC.I. The van der Waals surface area contributed by atoms with Crippen LogP contribution in [0.1, 0.15) is 38.7 Å². The fourth-order valence-corrected chi connectivity index (χ4v) is 3.02. The quantitative estimate of drug-likeness (QED) is 0.210. The lowest BCUT2D eigenvalue weighted by Crippen LogP contribution is -2.40. The molecule has 0 fully saturated rings. The number of rotatable bonds is 12. The molecule has 1 aromatic heterocycles. The van der Waals surface area contributed by atoms with Gasteiger partial charge in [0.05, 0.1) is 13.7 Å². The Hall–Kier alpha value is -2.07. The lowest BCUT2D eigenvalue weighted by molar-refractivity contribution is 0.251. The van der Waals surface area contributed by atoms with Gasteiger partial charge in [-0.2, -0.15) is 0 Å². The van der Waals surface area contributed by atoms with E-state index in [1.807, 2.05) is 43.3 Å². The van der Waals surface area contributed by atoms with Crippen LogP contribution in [0.15, 0.2) is 47.6 Å². The molecule has 7 nitrogen and oxygen atoms in total. The molecule has 2 aromatic rings. The van der Waals surface area contributed by atoms with Crippen LogP contribution < -0.4 is 20.1 Å². The Morgan fingerprint density at radius 2 is 1.81 bits per heavy atom. The first-order valence-corrected chi connectivity index (χ1v) is 10.6. The van der Waals surface area contributed by atoms with Gasteiger partial charge in [-0.25, -0.2) is 9.98 Å². The second-order valence-electron chi connectivity index (χ2n) is 7.03. The summed E-state index contributed by atoms with van der Waals surface area (Å²) in [6.07, 6.45) is 4.78. The zero-order valence-electron chi connectivity index (χ0n) is 18.6. The van der Waals surface area contributed by atoms with E-state index >= 15 is 0 Å². The van der Waals surface area contributed by atoms with Crippen molar-refractivity contribution in [3.8, 4) is 17.4 Å². The molecule has 2 rings (SSSR count). The number of methoxy groups -OCH3 is 1. The summed E-state index contributed by atoms with van der Waals surface area (Å²) >= 11 is 0. The first-order valence-electron chi connectivity index (χ1n) is 10.6. The third-order valence-corrected chi connectivity index (χ3v) is 4.64. The van der Waals surface area contributed by atoms with Gasteiger partial charge in [0.2, 0.25) is 5.88 Å². The maximum Gasteiger partial charge on any atom is 0.219 e. The van der Waals surface area contributed by atoms with Crippen LogP contribution in [0.5, 0.6) is 17.4 Å². The molecule has 172 valence electrons. The second kappa shape index (κ2) is 15.7. The smallest absolute Gasteiger partial charge is 0.219 e. The number of aliphatic imine (C=N–C) groups is 1. The Morgan fingerprint density at radius 1 is 1.06 bits per heavy atom. The molecule has 1 unspecified atom stereocenters. The van der Waals surface area contributed by atoms with Crippen molar-refractivity contribution in [3.63, 3.8) is 0 Å². The van der Waals surface area contributed by atoms with Crippen LogP contribution in [0.25, 0.3) is 0 Å². The Bertz CT molecular complexity index is 748. The predicted octanol–water partition coefficient (Wildman–Crippen LogP) is 4.35. The number of halogens is 1. The number of aliphatic hydroxyl groups excluding tert-OH is 1. The highest BCUT2D eigenvalue weighted by atomic mass is 127. The number of aromatic nitrogens is 1. The van der Waals surface area contributed by atoms with Crippen LogP contribution in [-0.4, -0.2) is 42.9 Å². The minimum absolute atomic E-state index is 0. The Labute approximate surface area is 202 Å². The average molecular weight is 542 g/mol. The molecule has 0 aliphatic rings. The molecule has 0 aliphatic carbocycles. The van der Waals surface area contributed by atoms with Gasteiger partial charge in [-0.3, -0.25) is 0 Å². The summed E-state index contributed by atoms with van der Waals surface area (Å²) in [6.45, 7) is 6.53. The molecular weight excluding hydrogens is 507 g/mol. The first kappa shape index (κ1) is 27.0. The minimum Gasteiger partial charge on any atom is -0.497 e. The zero-order chi connectivity index (χ0) is 21.6. The number of ether oxygens (including phenoxy) is 2. The molecule has 0 radical (unpaired) electrons. The van der Waals surface area contributed by atoms with E-state index in [0.29, 0.717) is 24.1 Å². The molecule has 0 amide bonds. The summed E-state index contributed by atoms with van der Waals surface area (Å²) in [7, 11) is 1.63. The Kier molecular flexibility index (Phi) is 13.6. The molecule has 8 heteroatoms. The van der Waals surface area contributed by atoms with Crippen molar-refractivity contribution in [1.82, 2.24) is 15.6 Å². The molecule has 0 spiro atoms. The minimum atomic E-state index is 0. The average Bonchev–Trinajstić information content (AvgIpc) is 2.77. The first-order chi connectivity index (χ1) is 14.7. The summed E-state index contributed by atoms with van der Waals surface area (Å²) in [5.74, 6) is 3.24. The lowest BCUT2D eigenvalue weighted by atomic mass is 10.0. The number of pyridine rings is 1. The second-order valence-corrected chi connectivity index (χ2v) is 7.03. The van der Waals surface area contributed by atoms with E-state index in [9.17, 15) is 5.11 Å². The summed E-state index contributed by atoms with van der Waals surface area (Å²) in [5, 5.41) is 15.9. The summed E-state index contributed by atoms with van der Waals surface area (Å²) in [4.78, 5) is 9.02. The third kappa shape index (κ3) is 10.2. The molecular formula is C23H35IN4O3. The van der Waals surface area contributed by atoms with E-state index < -0.39 is 0 Å². The number of hydrogen-bond donors (Lipinski definition) is 3. The van der Waals surface area contributed by atoms with Crippen LogP contribution in [0.4, 0.5) is 0 Å². The molecule has 3 N–H and O–H groups in total. The van der Waals surface area contributed by atoms with Crippen molar-refractivity contribution in [1.29, 1.82) is 0 Å². The number of guanidine groups is 1. The van der Waals surface area contributed by atoms with Gasteiger partial charge < -0.3 is 25.2 Å². The van der Waals surface area contributed by atoms with Crippen LogP contribution in [-0.2, 0) is 6.54 Å². The van der Waals surface area contributed by atoms with Crippen molar-refractivity contribution < 1.29 is 14.6 Å². The fourth-order valence-electron chi connectivity index (χ4n) is 3.02. The maximum atomic E-state index is 9.23. The lowest BCUT2D eigenvalue weighted by Gasteiger charge is -2.18. The van der Waals surface area contributed by atoms with Crippen molar-refractivity contribution in [2.45, 2.75) is 39.7 Å². The molecule has 1 heterocycles. The Morgan fingerprint density at radius 3 is 2.39 bits per heavy atom. The number of benzene rings is 1. The van der Waals surface area contributed by atoms with Gasteiger partial charge in [0.25, 0.3) is 0 Å². The van der Waals surface area contributed by atoms with E-state index in [-0.39, 0.29) is 30.6 Å². The number of aliphatic hydroxyl groups is 1. The van der Waals surface area contributed by atoms with Gasteiger partial charge in [-0.15, -0.1) is 24.0 Å².